The predicted molar refractivity (Wildman–Crippen MR) is 72.8 cm³/mol. The average Bonchev–Trinajstić information content (AvgIpc) is 2.47. The van der Waals surface area contributed by atoms with E-state index in [1.165, 1.54) is 30.6 Å². The summed E-state index contributed by atoms with van der Waals surface area (Å²) in [5.74, 6) is 0. The highest BCUT2D eigenvalue weighted by Crippen LogP contribution is 2.40. The summed E-state index contributed by atoms with van der Waals surface area (Å²) in [6.45, 7) is 2.22. The Hall–Kier alpha value is 0.950. The molecule has 0 aliphatic carbocycles. The third kappa shape index (κ3) is 3.84. The first-order valence-corrected chi connectivity index (χ1v) is 7.64. The highest BCUT2D eigenvalue weighted by atomic mass is 79.9. The fourth-order valence-electron chi connectivity index (χ4n) is 1.23. The van der Waals surface area contributed by atoms with Crippen molar-refractivity contribution < 1.29 is 0 Å². The number of alkyl halides is 1. The number of rotatable bonds is 5. The van der Waals surface area contributed by atoms with E-state index in [0.29, 0.717) is 4.83 Å². The third-order valence-corrected chi connectivity index (χ3v) is 5.88. The maximum Gasteiger partial charge on any atom is 0.107 e. The lowest BCUT2D eigenvalue weighted by molar-refractivity contribution is 0.667. The SMILES string of the molecule is CCCCCC(Br)c1cc(Br)c(Cl)s1. The lowest BCUT2D eigenvalue weighted by Crippen LogP contribution is -1.85. The first-order valence-electron chi connectivity index (χ1n) is 4.74. The second-order valence-electron chi connectivity index (χ2n) is 3.23. The van der Waals surface area contributed by atoms with Gasteiger partial charge < -0.3 is 0 Å². The summed E-state index contributed by atoms with van der Waals surface area (Å²) < 4.78 is 1.86. The van der Waals surface area contributed by atoms with Crippen LogP contribution in [0.4, 0.5) is 0 Å². The van der Waals surface area contributed by atoms with E-state index in [-0.39, 0.29) is 0 Å². The molecule has 1 atom stereocenters. The molecule has 80 valence electrons. The van der Waals surface area contributed by atoms with Gasteiger partial charge in [0.15, 0.2) is 0 Å². The second-order valence-corrected chi connectivity index (χ2v) is 6.88. The van der Waals surface area contributed by atoms with Crippen LogP contribution in [0.1, 0.15) is 42.3 Å². The van der Waals surface area contributed by atoms with E-state index in [9.17, 15) is 0 Å². The summed E-state index contributed by atoms with van der Waals surface area (Å²) in [5.41, 5.74) is 0. The van der Waals surface area contributed by atoms with Crippen LogP contribution in [0.2, 0.25) is 4.34 Å². The topological polar surface area (TPSA) is 0 Å². The Balaban J connectivity index is 2.47. The lowest BCUT2D eigenvalue weighted by atomic mass is 10.1. The molecule has 0 aliphatic heterocycles. The van der Waals surface area contributed by atoms with Crippen LogP contribution in [-0.2, 0) is 0 Å². The molecule has 0 radical (unpaired) electrons. The highest BCUT2D eigenvalue weighted by molar-refractivity contribution is 9.10. The Morgan fingerprint density at radius 1 is 1.50 bits per heavy atom. The van der Waals surface area contributed by atoms with Crippen LogP contribution < -0.4 is 0 Å². The maximum absolute atomic E-state index is 5.99. The molecule has 1 aromatic rings. The quantitative estimate of drug-likeness (QED) is 0.434. The van der Waals surface area contributed by atoms with Crippen molar-refractivity contribution in [1.29, 1.82) is 0 Å². The molecule has 0 amide bonds. The molecule has 0 aliphatic rings. The molecule has 0 aromatic carbocycles. The van der Waals surface area contributed by atoms with Crippen molar-refractivity contribution in [3.8, 4) is 0 Å². The fourth-order valence-corrected chi connectivity index (χ4v) is 3.72. The monoisotopic (exact) mass is 358 g/mol. The summed E-state index contributed by atoms with van der Waals surface area (Å²) in [6, 6.07) is 2.11. The van der Waals surface area contributed by atoms with Gasteiger partial charge in [0.25, 0.3) is 0 Å². The van der Waals surface area contributed by atoms with E-state index >= 15 is 0 Å². The number of halogens is 3. The average molecular weight is 361 g/mol. The Bertz CT molecular complexity index is 266. The summed E-state index contributed by atoms with van der Waals surface area (Å²) in [6.07, 6.45) is 5.05. The zero-order chi connectivity index (χ0) is 10.6. The summed E-state index contributed by atoms with van der Waals surface area (Å²) in [5, 5.41) is 0. The van der Waals surface area contributed by atoms with Crippen LogP contribution in [0.5, 0.6) is 0 Å². The molecule has 14 heavy (non-hydrogen) atoms. The number of unbranched alkanes of at least 4 members (excludes halogenated alkanes) is 2. The van der Waals surface area contributed by atoms with Crippen molar-refractivity contribution in [2.45, 2.75) is 37.4 Å². The molecule has 0 saturated carbocycles. The third-order valence-electron chi connectivity index (χ3n) is 2.03. The number of hydrogen-bond donors (Lipinski definition) is 0. The van der Waals surface area contributed by atoms with Gasteiger partial charge in [0.05, 0.1) is 0 Å². The van der Waals surface area contributed by atoms with Crippen molar-refractivity contribution in [1.82, 2.24) is 0 Å². The van der Waals surface area contributed by atoms with Crippen molar-refractivity contribution in [3.05, 3.63) is 19.8 Å². The number of thiophene rings is 1. The minimum Gasteiger partial charge on any atom is -0.126 e. The number of hydrogen-bond acceptors (Lipinski definition) is 1. The van der Waals surface area contributed by atoms with Crippen LogP contribution in [0.15, 0.2) is 10.5 Å². The normalized spacial score (nSPS) is 13.1. The Labute approximate surface area is 111 Å². The first kappa shape index (κ1) is 13.0. The van der Waals surface area contributed by atoms with Gasteiger partial charge in [-0.05, 0) is 28.4 Å². The largest absolute Gasteiger partial charge is 0.126 e. The zero-order valence-electron chi connectivity index (χ0n) is 8.03. The van der Waals surface area contributed by atoms with E-state index in [4.69, 9.17) is 11.6 Å². The molecule has 0 saturated heterocycles. The van der Waals surface area contributed by atoms with Gasteiger partial charge in [-0.15, -0.1) is 11.3 Å². The molecule has 0 bridgehead atoms. The first-order chi connectivity index (χ1) is 6.65. The van der Waals surface area contributed by atoms with Gasteiger partial charge in [0, 0.05) is 14.2 Å². The van der Waals surface area contributed by atoms with Gasteiger partial charge in [-0.2, -0.15) is 0 Å². The second kappa shape index (κ2) is 6.51. The highest BCUT2D eigenvalue weighted by Gasteiger charge is 2.12. The van der Waals surface area contributed by atoms with Crippen LogP contribution in [0, 0.1) is 0 Å². The van der Waals surface area contributed by atoms with Crippen LogP contribution in [0.25, 0.3) is 0 Å². The molecule has 0 nitrogen and oxygen atoms in total. The predicted octanol–water partition coefficient (Wildman–Crippen LogP) is 6.18. The van der Waals surface area contributed by atoms with Gasteiger partial charge in [-0.25, -0.2) is 0 Å². The lowest BCUT2D eigenvalue weighted by Gasteiger charge is -2.05. The summed E-state index contributed by atoms with van der Waals surface area (Å²) in [4.78, 5) is 1.78. The molecule has 1 unspecified atom stereocenters. The van der Waals surface area contributed by atoms with Gasteiger partial charge in [0.2, 0.25) is 0 Å². The Morgan fingerprint density at radius 2 is 2.21 bits per heavy atom. The molecular weight excluding hydrogens is 347 g/mol. The fraction of sp³-hybridized carbons (Fsp3) is 0.600. The Kier molecular flexibility index (Phi) is 6.06. The van der Waals surface area contributed by atoms with Gasteiger partial charge in [-0.1, -0.05) is 53.7 Å². The van der Waals surface area contributed by atoms with Crippen molar-refractivity contribution in [3.63, 3.8) is 0 Å². The zero-order valence-corrected chi connectivity index (χ0v) is 12.8. The summed E-state index contributed by atoms with van der Waals surface area (Å²) >= 11 is 14.8. The smallest absolute Gasteiger partial charge is 0.107 e. The van der Waals surface area contributed by atoms with Gasteiger partial charge in [0.1, 0.15) is 4.34 Å². The van der Waals surface area contributed by atoms with E-state index in [1.54, 1.807) is 11.3 Å². The Morgan fingerprint density at radius 3 is 2.71 bits per heavy atom. The van der Waals surface area contributed by atoms with Crippen LogP contribution in [0.3, 0.4) is 0 Å². The van der Waals surface area contributed by atoms with Gasteiger partial charge in [-0.3, -0.25) is 0 Å². The molecule has 0 fully saturated rings. The van der Waals surface area contributed by atoms with Crippen LogP contribution >= 0.6 is 54.8 Å². The minimum atomic E-state index is 0.461. The van der Waals surface area contributed by atoms with Crippen molar-refractivity contribution >= 4 is 54.8 Å². The molecule has 4 heteroatoms. The van der Waals surface area contributed by atoms with Crippen molar-refractivity contribution in [2.75, 3.05) is 0 Å². The maximum atomic E-state index is 5.99. The minimum absolute atomic E-state index is 0.461. The van der Waals surface area contributed by atoms with E-state index in [0.717, 1.165) is 8.81 Å². The molecule has 0 N–H and O–H groups in total. The molecule has 1 rings (SSSR count). The van der Waals surface area contributed by atoms with E-state index in [2.05, 4.69) is 44.8 Å². The summed E-state index contributed by atoms with van der Waals surface area (Å²) in [7, 11) is 0. The molecule has 1 aromatic heterocycles. The van der Waals surface area contributed by atoms with E-state index < -0.39 is 0 Å². The van der Waals surface area contributed by atoms with Crippen LogP contribution in [-0.4, -0.2) is 0 Å². The molecule has 0 spiro atoms. The van der Waals surface area contributed by atoms with Crippen molar-refractivity contribution in [2.24, 2.45) is 0 Å². The molecule has 1 heterocycles. The van der Waals surface area contributed by atoms with E-state index in [1.807, 2.05) is 0 Å². The van der Waals surface area contributed by atoms with Gasteiger partial charge >= 0.3 is 0 Å². The standard InChI is InChI=1S/C10H13Br2ClS/c1-2-3-4-5-7(11)9-6-8(12)10(13)14-9/h6-7H,2-5H2,1H3. The molecular formula is C10H13Br2ClS.